The van der Waals surface area contributed by atoms with Gasteiger partial charge in [-0.1, -0.05) is 31.0 Å². The summed E-state index contributed by atoms with van der Waals surface area (Å²) >= 11 is 6.01. The summed E-state index contributed by atoms with van der Waals surface area (Å²) in [5.41, 5.74) is 1.74. The Morgan fingerprint density at radius 2 is 2.25 bits per heavy atom. The Hall–Kier alpha value is -1.99. The number of unbranched alkanes of at least 4 members (excludes halogenated alkanes) is 1. The first kappa shape index (κ1) is 16.1. The van der Waals surface area contributed by atoms with Crippen LogP contribution in [0.25, 0.3) is 0 Å². The zero-order chi connectivity index (χ0) is 15.0. The summed E-state index contributed by atoms with van der Waals surface area (Å²) in [6.07, 6.45) is 3.28. The molecule has 0 aliphatic carbocycles. The maximum Gasteiger partial charge on any atom is 0.263 e. The number of carbonyl (C=O) groups excluding carboxylic acids is 1. The molecule has 5 heteroatoms. The summed E-state index contributed by atoms with van der Waals surface area (Å²) in [5.74, 6) is -0.369. The van der Waals surface area contributed by atoms with Gasteiger partial charge in [-0.3, -0.25) is 4.79 Å². The van der Waals surface area contributed by atoms with Crippen molar-refractivity contribution in [1.82, 2.24) is 5.32 Å². The molecule has 0 heterocycles. The second-order valence-corrected chi connectivity index (χ2v) is 4.79. The van der Waals surface area contributed by atoms with Crippen molar-refractivity contribution in [3.63, 3.8) is 0 Å². The highest BCUT2D eigenvalue weighted by Gasteiger charge is 2.07. The highest BCUT2D eigenvalue weighted by atomic mass is 35.5. The molecule has 20 heavy (non-hydrogen) atoms. The highest BCUT2D eigenvalue weighted by molar-refractivity contribution is 6.31. The van der Waals surface area contributed by atoms with E-state index in [2.05, 4.69) is 10.6 Å². The van der Waals surface area contributed by atoms with Gasteiger partial charge in [0.25, 0.3) is 5.91 Å². The maximum atomic E-state index is 11.7. The predicted molar refractivity (Wildman–Crippen MR) is 81.4 cm³/mol. The van der Waals surface area contributed by atoms with Crippen molar-refractivity contribution >= 4 is 23.2 Å². The molecule has 0 aliphatic heterocycles. The number of nitrogens with one attached hydrogen (secondary N) is 2. The van der Waals surface area contributed by atoms with E-state index in [1.165, 1.54) is 6.20 Å². The number of hydrogen-bond acceptors (Lipinski definition) is 3. The average molecular weight is 292 g/mol. The first-order valence-corrected chi connectivity index (χ1v) is 6.87. The van der Waals surface area contributed by atoms with Crippen LogP contribution in [-0.2, 0) is 4.79 Å². The fourth-order valence-corrected chi connectivity index (χ4v) is 1.64. The monoisotopic (exact) mass is 291 g/mol. The minimum Gasteiger partial charge on any atom is -0.360 e. The third-order valence-electron chi connectivity index (χ3n) is 2.74. The number of nitriles is 1. The Bertz CT molecular complexity index is 547. The quantitative estimate of drug-likeness (QED) is 0.480. The van der Waals surface area contributed by atoms with Gasteiger partial charge in [-0.15, -0.1) is 0 Å². The number of hydrogen-bond donors (Lipinski definition) is 2. The van der Waals surface area contributed by atoms with Gasteiger partial charge in [-0.05, 0) is 31.0 Å². The first-order chi connectivity index (χ1) is 9.58. The van der Waals surface area contributed by atoms with Gasteiger partial charge in [0.2, 0.25) is 0 Å². The van der Waals surface area contributed by atoms with Crippen LogP contribution < -0.4 is 10.6 Å². The van der Waals surface area contributed by atoms with Gasteiger partial charge >= 0.3 is 0 Å². The van der Waals surface area contributed by atoms with Crippen LogP contribution in [0, 0.1) is 18.3 Å². The minimum atomic E-state index is -0.369. The Labute approximate surface area is 124 Å². The molecule has 2 N–H and O–H groups in total. The van der Waals surface area contributed by atoms with E-state index in [1.807, 2.05) is 32.0 Å². The lowest BCUT2D eigenvalue weighted by molar-refractivity contribution is -0.117. The van der Waals surface area contributed by atoms with Crippen LogP contribution in [0.4, 0.5) is 5.69 Å². The second-order valence-electron chi connectivity index (χ2n) is 4.39. The van der Waals surface area contributed by atoms with Gasteiger partial charge in [0.15, 0.2) is 0 Å². The van der Waals surface area contributed by atoms with Crippen LogP contribution in [0.2, 0.25) is 5.02 Å². The van der Waals surface area contributed by atoms with E-state index in [-0.39, 0.29) is 11.5 Å². The predicted octanol–water partition coefficient (Wildman–Crippen LogP) is 3.38. The van der Waals surface area contributed by atoms with Crippen molar-refractivity contribution < 1.29 is 4.79 Å². The molecule has 0 atom stereocenters. The van der Waals surface area contributed by atoms with E-state index in [9.17, 15) is 4.79 Å². The van der Waals surface area contributed by atoms with Gasteiger partial charge in [0, 0.05) is 23.5 Å². The van der Waals surface area contributed by atoms with Crippen LogP contribution in [0.5, 0.6) is 0 Å². The number of carbonyl (C=O) groups is 1. The minimum absolute atomic E-state index is 0.0396. The lowest BCUT2D eigenvalue weighted by Gasteiger charge is -2.05. The third kappa shape index (κ3) is 4.94. The summed E-state index contributed by atoms with van der Waals surface area (Å²) in [6, 6.07) is 7.33. The van der Waals surface area contributed by atoms with Crippen LogP contribution in [-0.4, -0.2) is 12.5 Å². The van der Waals surface area contributed by atoms with E-state index < -0.39 is 0 Å². The van der Waals surface area contributed by atoms with Crippen molar-refractivity contribution in [3.8, 4) is 6.07 Å². The molecule has 1 aromatic rings. The van der Waals surface area contributed by atoms with Crippen molar-refractivity contribution in [2.24, 2.45) is 0 Å². The van der Waals surface area contributed by atoms with Gasteiger partial charge in [0.1, 0.15) is 11.6 Å². The second kappa shape index (κ2) is 8.23. The summed E-state index contributed by atoms with van der Waals surface area (Å²) in [5, 5.41) is 15.2. The molecule has 0 aromatic heterocycles. The highest BCUT2D eigenvalue weighted by Crippen LogP contribution is 2.20. The van der Waals surface area contributed by atoms with Crippen molar-refractivity contribution in [2.45, 2.75) is 26.7 Å². The number of rotatable bonds is 6. The topological polar surface area (TPSA) is 64.9 Å². The van der Waals surface area contributed by atoms with Crippen molar-refractivity contribution in [3.05, 3.63) is 40.6 Å². The average Bonchev–Trinajstić information content (AvgIpc) is 2.43. The molecule has 1 aromatic carbocycles. The van der Waals surface area contributed by atoms with Gasteiger partial charge in [-0.2, -0.15) is 5.26 Å². The van der Waals surface area contributed by atoms with E-state index >= 15 is 0 Å². The molecule has 0 spiro atoms. The number of amides is 1. The van der Waals surface area contributed by atoms with Crippen LogP contribution in [0.1, 0.15) is 25.3 Å². The molecule has 0 aliphatic rings. The van der Waals surface area contributed by atoms with Crippen LogP contribution in [0.15, 0.2) is 30.0 Å². The molecule has 0 unspecified atom stereocenters. The SMILES string of the molecule is CCCCNC(=O)/C(C#N)=C\Nc1ccc(C)c(Cl)c1. The molecule has 4 nitrogen and oxygen atoms in total. The van der Waals surface area contributed by atoms with E-state index in [0.717, 1.165) is 24.1 Å². The standard InChI is InChI=1S/C15H18ClN3O/c1-3-4-7-18-15(20)12(9-17)10-19-13-6-5-11(2)14(16)8-13/h5-6,8,10,19H,3-4,7H2,1-2H3,(H,18,20)/b12-10-. The molecule has 0 saturated carbocycles. The Balaban J connectivity index is 2.67. The number of aryl methyl sites for hydroxylation is 1. The number of benzene rings is 1. The summed E-state index contributed by atoms with van der Waals surface area (Å²) in [4.78, 5) is 11.7. The molecular weight excluding hydrogens is 274 g/mol. The summed E-state index contributed by atoms with van der Waals surface area (Å²) in [6.45, 7) is 4.52. The fourth-order valence-electron chi connectivity index (χ4n) is 1.46. The van der Waals surface area contributed by atoms with E-state index in [4.69, 9.17) is 16.9 Å². The Morgan fingerprint density at radius 3 is 2.85 bits per heavy atom. The number of anilines is 1. The normalized spacial score (nSPS) is 10.8. The molecule has 0 bridgehead atoms. The lowest BCUT2D eigenvalue weighted by Crippen LogP contribution is -2.25. The summed E-state index contributed by atoms with van der Waals surface area (Å²) < 4.78 is 0. The number of halogens is 1. The zero-order valence-corrected chi connectivity index (χ0v) is 12.4. The van der Waals surface area contributed by atoms with Crippen LogP contribution in [0.3, 0.4) is 0 Å². The maximum absolute atomic E-state index is 11.7. The molecule has 0 radical (unpaired) electrons. The zero-order valence-electron chi connectivity index (χ0n) is 11.7. The molecule has 1 rings (SSSR count). The molecule has 0 fully saturated rings. The summed E-state index contributed by atoms with van der Waals surface area (Å²) in [7, 11) is 0. The lowest BCUT2D eigenvalue weighted by atomic mass is 10.2. The van der Waals surface area contributed by atoms with E-state index in [1.54, 1.807) is 6.07 Å². The molecule has 1 amide bonds. The third-order valence-corrected chi connectivity index (χ3v) is 3.14. The smallest absolute Gasteiger partial charge is 0.263 e. The van der Waals surface area contributed by atoms with Gasteiger partial charge in [-0.25, -0.2) is 0 Å². The van der Waals surface area contributed by atoms with Crippen LogP contribution >= 0.6 is 11.6 Å². The van der Waals surface area contributed by atoms with Crippen molar-refractivity contribution in [1.29, 1.82) is 5.26 Å². The van der Waals surface area contributed by atoms with Crippen molar-refractivity contribution in [2.75, 3.05) is 11.9 Å². The first-order valence-electron chi connectivity index (χ1n) is 6.49. The fraction of sp³-hybridized carbons (Fsp3) is 0.333. The van der Waals surface area contributed by atoms with E-state index in [0.29, 0.717) is 11.6 Å². The van der Waals surface area contributed by atoms with Gasteiger partial charge in [0.05, 0.1) is 0 Å². The number of nitrogens with zero attached hydrogens (tertiary/aromatic N) is 1. The Kier molecular flexibility index (Phi) is 6.61. The molecule has 106 valence electrons. The largest absolute Gasteiger partial charge is 0.360 e. The molecular formula is C15H18ClN3O. The molecule has 0 saturated heterocycles. The van der Waals surface area contributed by atoms with Gasteiger partial charge < -0.3 is 10.6 Å². The Morgan fingerprint density at radius 1 is 1.50 bits per heavy atom.